The summed E-state index contributed by atoms with van der Waals surface area (Å²) in [6.07, 6.45) is 0. The third-order valence-electron chi connectivity index (χ3n) is 2.90. The Balaban J connectivity index is 1.75. The molecule has 0 bridgehead atoms. The molecule has 22 heavy (non-hydrogen) atoms. The Hall–Kier alpha value is -2.05. The van der Waals surface area contributed by atoms with Crippen LogP contribution >= 0.6 is 27.5 Å². The van der Waals surface area contributed by atoms with Crippen molar-refractivity contribution in [2.24, 2.45) is 0 Å². The minimum Gasteiger partial charge on any atom is -0.487 e. The van der Waals surface area contributed by atoms with Crippen LogP contribution in [0.3, 0.4) is 0 Å². The van der Waals surface area contributed by atoms with Crippen molar-refractivity contribution < 1.29 is 9.15 Å². The van der Waals surface area contributed by atoms with E-state index in [1.165, 1.54) is 0 Å². The molecule has 3 rings (SSSR count). The van der Waals surface area contributed by atoms with Crippen LogP contribution in [0.4, 0.5) is 6.01 Å². The van der Waals surface area contributed by atoms with E-state index in [1.54, 1.807) is 18.2 Å². The zero-order valence-electron chi connectivity index (χ0n) is 11.3. The first-order chi connectivity index (χ1) is 10.6. The van der Waals surface area contributed by atoms with Crippen molar-refractivity contribution in [3.05, 3.63) is 57.5 Å². The molecule has 7 heteroatoms. The molecule has 0 saturated carbocycles. The lowest BCUT2D eigenvalue weighted by molar-refractivity contribution is 0.306. The SMILES string of the molecule is Nc1nnc(-c2ccc(OCc3cccc(Br)c3)c(Cl)c2)o1. The highest BCUT2D eigenvalue weighted by Gasteiger charge is 2.10. The fourth-order valence-electron chi connectivity index (χ4n) is 1.89. The van der Waals surface area contributed by atoms with Gasteiger partial charge >= 0.3 is 6.01 Å². The quantitative estimate of drug-likeness (QED) is 0.730. The number of anilines is 1. The van der Waals surface area contributed by atoms with Gasteiger partial charge in [0.05, 0.1) is 5.02 Å². The van der Waals surface area contributed by atoms with Gasteiger partial charge in [-0.1, -0.05) is 44.8 Å². The summed E-state index contributed by atoms with van der Waals surface area (Å²) >= 11 is 9.65. The number of aromatic nitrogens is 2. The first kappa shape index (κ1) is 14.9. The lowest BCUT2D eigenvalue weighted by Crippen LogP contribution is -1.96. The van der Waals surface area contributed by atoms with E-state index < -0.39 is 0 Å². The maximum Gasteiger partial charge on any atom is 0.313 e. The van der Waals surface area contributed by atoms with E-state index in [2.05, 4.69) is 26.1 Å². The van der Waals surface area contributed by atoms with Gasteiger partial charge in [0.15, 0.2) is 0 Å². The second-order valence-electron chi connectivity index (χ2n) is 4.51. The Morgan fingerprint density at radius 2 is 2.05 bits per heavy atom. The van der Waals surface area contributed by atoms with Gasteiger partial charge in [-0.3, -0.25) is 0 Å². The summed E-state index contributed by atoms with van der Waals surface area (Å²) in [6, 6.07) is 13.1. The third kappa shape index (κ3) is 3.40. The standard InChI is InChI=1S/C15H11BrClN3O2/c16-11-3-1-2-9(6-11)8-21-13-5-4-10(7-12(13)17)14-19-20-15(18)22-14/h1-7H,8H2,(H2,18,20). The molecule has 0 aliphatic carbocycles. The molecular formula is C15H11BrClN3O2. The zero-order valence-corrected chi connectivity index (χ0v) is 13.6. The van der Waals surface area contributed by atoms with Crippen molar-refractivity contribution in [2.45, 2.75) is 6.61 Å². The Kier molecular flexibility index (Phi) is 4.31. The second-order valence-corrected chi connectivity index (χ2v) is 5.83. The van der Waals surface area contributed by atoms with E-state index >= 15 is 0 Å². The lowest BCUT2D eigenvalue weighted by Gasteiger charge is -2.09. The molecule has 0 unspecified atom stereocenters. The Morgan fingerprint density at radius 3 is 2.73 bits per heavy atom. The van der Waals surface area contributed by atoms with Crippen LogP contribution < -0.4 is 10.5 Å². The molecule has 0 fully saturated rings. The van der Waals surface area contributed by atoms with Gasteiger partial charge in [0, 0.05) is 10.0 Å². The minimum atomic E-state index is 0.0149. The molecule has 0 aliphatic heterocycles. The van der Waals surface area contributed by atoms with E-state index in [0.717, 1.165) is 10.0 Å². The zero-order chi connectivity index (χ0) is 15.5. The van der Waals surface area contributed by atoms with Gasteiger partial charge in [-0.25, -0.2) is 0 Å². The number of hydrogen-bond acceptors (Lipinski definition) is 5. The van der Waals surface area contributed by atoms with Crippen LogP contribution in [0.15, 0.2) is 51.4 Å². The first-order valence-electron chi connectivity index (χ1n) is 6.38. The average molecular weight is 381 g/mol. The van der Waals surface area contributed by atoms with Gasteiger partial charge in [-0.05, 0) is 35.9 Å². The normalized spacial score (nSPS) is 10.6. The number of rotatable bonds is 4. The van der Waals surface area contributed by atoms with Crippen molar-refractivity contribution in [2.75, 3.05) is 5.73 Å². The molecule has 3 aromatic rings. The van der Waals surface area contributed by atoms with E-state index in [9.17, 15) is 0 Å². The Bertz CT molecular complexity index is 807. The van der Waals surface area contributed by atoms with Gasteiger partial charge in [0.1, 0.15) is 12.4 Å². The lowest BCUT2D eigenvalue weighted by atomic mass is 10.2. The summed E-state index contributed by atoms with van der Waals surface area (Å²) in [5, 5.41) is 7.89. The average Bonchev–Trinajstić information content (AvgIpc) is 2.93. The van der Waals surface area contributed by atoms with Crippen LogP contribution in [0.2, 0.25) is 5.02 Å². The topological polar surface area (TPSA) is 74.2 Å². The van der Waals surface area contributed by atoms with Gasteiger partial charge in [0.2, 0.25) is 5.89 Å². The first-order valence-corrected chi connectivity index (χ1v) is 7.55. The monoisotopic (exact) mass is 379 g/mol. The summed E-state index contributed by atoms with van der Waals surface area (Å²) < 4.78 is 11.9. The number of benzene rings is 2. The number of halogens is 2. The van der Waals surface area contributed by atoms with Gasteiger partial charge in [-0.15, -0.1) is 5.10 Å². The molecule has 0 saturated heterocycles. The second kappa shape index (κ2) is 6.37. The van der Waals surface area contributed by atoms with E-state index in [4.69, 9.17) is 26.5 Å². The third-order valence-corrected chi connectivity index (χ3v) is 3.69. The number of ether oxygens (including phenoxy) is 1. The van der Waals surface area contributed by atoms with Crippen molar-refractivity contribution in [3.63, 3.8) is 0 Å². The van der Waals surface area contributed by atoms with E-state index in [-0.39, 0.29) is 6.01 Å². The molecule has 1 aromatic heterocycles. The van der Waals surface area contributed by atoms with E-state index in [1.807, 2.05) is 24.3 Å². The molecule has 2 aromatic carbocycles. The smallest absolute Gasteiger partial charge is 0.313 e. The van der Waals surface area contributed by atoms with Crippen LogP contribution in [0.5, 0.6) is 5.75 Å². The molecule has 0 radical (unpaired) electrons. The Morgan fingerprint density at radius 1 is 1.18 bits per heavy atom. The van der Waals surface area contributed by atoms with Crippen LogP contribution in [-0.4, -0.2) is 10.2 Å². The Labute approximate surface area is 140 Å². The fourth-order valence-corrected chi connectivity index (χ4v) is 2.57. The van der Waals surface area contributed by atoms with Crippen LogP contribution in [-0.2, 0) is 6.61 Å². The minimum absolute atomic E-state index is 0.0149. The van der Waals surface area contributed by atoms with Gasteiger partial charge in [-0.2, -0.15) is 0 Å². The number of hydrogen-bond donors (Lipinski definition) is 1. The fraction of sp³-hybridized carbons (Fsp3) is 0.0667. The maximum absolute atomic E-state index is 6.23. The summed E-state index contributed by atoms with van der Waals surface area (Å²) in [4.78, 5) is 0. The predicted octanol–water partition coefficient (Wildman–Crippen LogP) is 4.31. The largest absolute Gasteiger partial charge is 0.487 e. The van der Waals surface area contributed by atoms with Crippen molar-refractivity contribution >= 4 is 33.5 Å². The summed E-state index contributed by atoms with van der Waals surface area (Å²) in [5.41, 5.74) is 7.13. The molecule has 0 amide bonds. The summed E-state index contributed by atoms with van der Waals surface area (Å²) in [6.45, 7) is 0.423. The number of nitrogens with zero attached hydrogens (tertiary/aromatic N) is 2. The highest BCUT2D eigenvalue weighted by atomic mass is 79.9. The summed E-state index contributed by atoms with van der Waals surface area (Å²) in [5.74, 6) is 0.899. The number of nitrogen functional groups attached to an aromatic ring is 1. The number of nitrogens with two attached hydrogens (primary N) is 1. The van der Waals surface area contributed by atoms with Crippen molar-refractivity contribution in [3.8, 4) is 17.2 Å². The molecule has 2 N–H and O–H groups in total. The maximum atomic E-state index is 6.23. The molecule has 1 heterocycles. The molecular weight excluding hydrogens is 370 g/mol. The molecule has 0 atom stereocenters. The molecule has 0 spiro atoms. The highest BCUT2D eigenvalue weighted by Crippen LogP contribution is 2.30. The summed E-state index contributed by atoms with van der Waals surface area (Å²) in [7, 11) is 0. The van der Waals surface area contributed by atoms with Gasteiger partial charge in [0.25, 0.3) is 0 Å². The molecule has 112 valence electrons. The van der Waals surface area contributed by atoms with Gasteiger partial charge < -0.3 is 14.9 Å². The predicted molar refractivity (Wildman–Crippen MR) is 87.6 cm³/mol. The van der Waals surface area contributed by atoms with Crippen LogP contribution in [0.1, 0.15) is 5.56 Å². The van der Waals surface area contributed by atoms with Crippen molar-refractivity contribution in [1.29, 1.82) is 0 Å². The molecule has 0 aliphatic rings. The van der Waals surface area contributed by atoms with E-state index in [0.29, 0.717) is 28.8 Å². The van der Waals surface area contributed by atoms with Crippen LogP contribution in [0.25, 0.3) is 11.5 Å². The highest BCUT2D eigenvalue weighted by molar-refractivity contribution is 9.10. The van der Waals surface area contributed by atoms with Crippen molar-refractivity contribution in [1.82, 2.24) is 10.2 Å². The van der Waals surface area contributed by atoms with Crippen LogP contribution in [0, 0.1) is 0 Å². The molecule has 5 nitrogen and oxygen atoms in total.